The van der Waals surface area contributed by atoms with Gasteiger partial charge in [-0.25, -0.2) is 14.6 Å². The molecule has 126 valence electrons. The van der Waals surface area contributed by atoms with Crippen molar-refractivity contribution in [1.29, 1.82) is 0 Å². The molecule has 1 aromatic carbocycles. The Hall–Kier alpha value is -2.54. The molecule has 1 unspecified atom stereocenters. The first-order valence-electron chi connectivity index (χ1n) is 7.46. The highest BCUT2D eigenvalue weighted by Gasteiger charge is 2.36. The second-order valence-corrected chi connectivity index (χ2v) is 5.92. The molecule has 0 aliphatic carbocycles. The van der Waals surface area contributed by atoms with Crippen LogP contribution < -0.4 is 5.32 Å². The third-order valence-electron chi connectivity index (χ3n) is 3.99. The molecule has 2 aromatic rings. The molecule has 0 fully saturated rings. The van der Waals surface area contributed by atoms with Gasteiger partial charge >= 0.3 is 12.0 Å². The van der Waals surface area contributed by atoms with Crippen molar-refractivity contribution in [2.24, 2.45) is 0 Å². The average molecular weight is 349 g/mol. The number of urea groups is 1. The van der Waals surface area contributed by atoms with Crippen LogP contribution in [0.3, 0.4) is 0 Å². The Morgan fingerprint density at radius 3 is 2.88 bits per heavy atom. The zero-order valence-electron chi connectivity index (χ0n) is 13.1. The lowest BCUT2D eigenvalue weighted by Crippen LogP contribution is -2.52. The van der Waals surface area contributed by atoms with Crippen molar-refractivity contribution < 1.29 is 14.3 Å². The van der Waals surface area contributed by atoms with Gasteiger partial charge in [0.05, 0.1) is 31.4 Å². The van der Waals surface area contributed by atoms with Crippen molar-refractivity contribution in [3.05, 3.63) is 52.6 Å². The van der Waals surface area contributed by atoms with Crippen LogP contribution in [0.25, 0.3) is 0 Å². The number of esters is 1. The van der Waals surface area contributed by atoms with Crippen molar-refractivity contribution in [1.82, 2.24) is 20.2 Å². The molecule has 2 amide bonds. The summed E-state index contributed by atoms with van der Waals surface area (Å²) in [4.78, 5) is 33.2. The predicted molar refractivity (Wildman–Crippen MR) is 87.3 cm³/mol. The van der Waals surface area contributed by atoms with Gasteiger partial charge in [-0.2, -0.15) is 0 Å². The molecule has 0 spiro atoms. The number of benzene rings is 1. The highest BCUT2D eigenvalue weighted by molar-refractivity contribution is 6.30. The van der Waals surface area contributed by atoms with Crippen LogP contribution in [0.2, 0.25) is 5.02 Å². The van der Waals surface area contributed by atoms with Gasteiger partial charge in [0.2, 0.25) is 0 Å². The number of rotatable bonds is 3. The molecule has 0 radical (unpaired) electrons. The molecular formula is C16H17ClN4O3. The first kappa shape index (κ1) is 16.3. The van der Waals surface area contributed by atoms with Crippen molar-refractivity contribution in [2.75, 3.05) is 7.11 Å². The van der Waals surface area contributed by atoms with Crippen molar-refractivity contribution in [2.45, 2.75) is 25.6 Å². The zero-order valence-corrected chi connectivity index (χ0v) is 13.8. The number of carbonyl (C=O) groups excluding carboxylic acids is 2. The number of aromatic nitrogens is 2. The molecule has 2 heterocycles. The van der Waals surface area contributed by atoms with Crippen LogP contribution >= 0.6 is 11.6 Å². The number of ether oxygens (including phenoxy) is 1. The Kier molecular flexibility index (Phi) is 4.71. The van der Waals surface area contributed by atoms with Crippen LogP contribution in [0.4, 0.5) is 4.79 Å². The summed E-state index contributed by atoms with van der Waals surface area (Å²) >= 11 is 5.85. The van der Waals surface area contributed by atoms with E-state index in [-0.39, 0.29) is 12.6 Å². The average Bonchev–Trinajstić information content (AvgIpc) is 3.06. The van der Waals surface area contributed by atoms with Crippen LogP contribution in [0.15, 0.2) is 30.6 Å². The Morgan fingerprint density at radius 1 is 1.42 bits per heavy atom. The van der Waals surface area contributed by atoms with Gasteiger partial charge in [-0.3, -0.25) is 0 Å². The number of halogens is 1. The minimum absolute atomic E-state index is 0.279. The molecule has 3 rings (SSSR count). The lowest BCUT2D eigenvalue weighted by molar-refractivity contribution is -0.146. The zero-order chi connectivity index (χ0) is 17.1. The highest BCUT2D eigenvalue weighted by atomic mass is 35.5. The van der Waals surface area contributed by atoms with Crippen LogP contribution in [0.5, 0.6) is 0 Å². The summed E-state index contributed by atoms with van der Waals surface area (Å²) in [6.45, 7) is 0.623. The summed E-state index contributed by atoms with van der Waals surface area (Å²) in [6.07, 6.45) is 1.90. The third-order valence-corrected chi connectivity index (χ3v) is 4.24. The number of aromatic amines is 1. The fourth-order valence-electron chi connectivity index (χ4n) is 2.68. The number of nitrogens with zero attached hydrogens (tertiary/aromatic N) is 2. The Labute approximate surface area is 144 Å². The van der Waals surface area contributed by atoms with Gasteiger partial charge in [0.15, 0.2) is 0 Å². The molecular weight excluding hydrogens is 332 g/mol. The summed E-state index contributed by atoms with van der Waals surface area (Å²) in [5, 5.41) is 3.46. The molecule has 1 aliphatic rings. The van der Waals surface area contributed by atoms with E-state index in [9.17, 15) is 9.59 Å². The smallest absolute Gasteiger partial charge is 0.329 e. The maximum absolute atomic E-state index is 12.5. The largest absolute Gasteiger partial charge is 0.467 e. The molecule has 1 aliphatic heterocycles. The lowest BCUT2D eigenvalue weighted by Gasteiger charge is -2.33. The maximum atomic E-state index is 12.5. The number of amides is 2. The molecule has 7 nitrogen and oxygen atoms in total. The molecule has 8 heteroatoms. The summed E-state index contributed by atoms with van der Waals surface area (Å²) < 4.78 is 4.82. The van der Waals surface area contributed by atoms with Gasteiger partial charge in [0.25, 0.3) is 0 Å². The van der Waals surface area contributed by atoms with Crippen LogP contribution in [0.1, 0.15) is 17.0 Å². The number of fused-ring (bicyclic) bond motifs is 1. The van der Waals surface area contributed by atoms with E-state index in [2.05, 4.69) is 15.3 Å². The summed E-state index contributed by atoms with van der Waals surface area (Å²) in [5.41, 5.74) is 2.53. The molecule has 24 heavy (non-hydrogen) atoms. The predicted octanol–water partition coefficient (Wildman–Crippen LogP) is 1.87. The first-order valence-corrected chi connectivity index (χ1v) is 7.84. The Morgan fingerprint density at radius 2 is 2.17 bits per heavy atom. The summed E-state index contributed by atoms with van der Waals surface area (Å²) in [5.74, 6) is -0.453. The molecule has 1 atom stereocenters. The van der Waals surface area contributed by atoms with Crippen LogP contribution in [-0.2, 0) is 29.0 Å². The number of hydrogen-bond donors (Lipinski definition) is 2. The minimum Gasteiger partial charge on any atom is -0.467 e. The maximum Gasteiger partial charge on any atom is 0.329 e. The summed E-state index contributed by atoms with van der Waals surface area (Å²) in [6, 6.07) is 6.18. The fourth-order valence-corrected chi connectivity index (χ4v) is 2.80. The fraction of sp³-hybridized carbons (Fsp3) is 0.312. The van der Waals surface area contributed by atoms with E-state index in [1.165, 1.54) is 12.0 Å². The van der Waals surface area contributed by atoms with Gasteiger partial charge in [-0.1, -0.05) is 23.7 Å². The van der Waals surface area contributed by atoms with Gasteiger partial charge in [0, 0.05) is 18.0 Å². The number of methoxy groups -OCH3 is 1. The quantitative estimate of drug-likeness (QED) is 0.829. The molecule has 0 saturated carbocycles. The lowest BCUT2D eigenvalue weighted by atomic mass is 10.0. The molecule has 0 saturated heterocycles. The van der Waals surface area contributed by atoms with Crippen molar-refractivity contribution in [3.8, 4) is 0 Å². The Bertz CT molecular complexity index is 744. The number of imidazole rings is 1. The van der Waals surface area contributed by atoms with Gasteiger partial charge < -0.3 is 19.9 Å². The number of H-pyrrole nitrogens is 1. The number of carbonyl (C=O) groups is 2. The third kappa shape index (κ3) is 3.35. The highest BCUT2D eigenvalue weighted by Crippen LogP contribution is 2.21. The SMILES string of the molecule is COC(=O)C1Cc2nc[nH]c2CN1C(=O)NCc1ccc(Cl)cc1. The second-order valence-electron chi connectivity index (χ2n) is 5.48. The first-order chi connectivity index (χ1) is 11.6. The van der Waals surface area contributed by atoms with Gasteiger partial charge in [0.1, 0.15) is 6.04 Å². The van der Waals surface area contributed by atoms with E-state index < -0.39 is 12.0 Å². The molecule has 0 bridgehead atoms. The van der Waals surface area contributed by atoms with Gasteiger partial charge in [-0.05, 0) is 17.7 Å². The van der Waals surface area contributed by atoms with E-state index in [0.29, 0.717) is 18.0 Å². The Balaban J connectivity index is 1.71. The van der Waals surface area contributed by atoms with Gasteiger partial charge in [-0.15, -0.1) is 0 Å². The number of hydrogen-bond acceptors (Lipinski definition) is 4. The molecule has 1 aromatic heterocycles. The van der Waals surface area contributed by atoms with Crippen molar-refractivity contribution in [3.63, 3.8) is 0 Å². The van der Waals surface area contributed by atoms with E-state index >= 15 is 0 Å². The monoisotopic (exact) mass is 348 g/mol. The van der Waals surface area contributed by atoms with Crippen LogP contribution in [-0.4, -0.2) is 40.0 Å². The number of nitrogens with one attached hydrogen (secondary N) is 2. The van der Waals surface area contributed by atoms with E-state index in [1.807, 2.05) is 12.1 Å². The topological polar surface area (TPSA) is 87.3 Å². The van der Waals surface area contributed by atoms with Crippen molar-refractivity contribution >= 4 is 23.6 Å². The minimum atomic E-state index is -0.684. The van der Waals surface area contributed by atoms with E-state index in [0.717, 1.165) is 17.0 Å². The van der Waals surface area contributed by atoms with E-state index in [1.54, 1.807) is 18.5 Å². The molecule has 2 N–H and O–H groups in total. The standard InChI is InChI=1S/C16H17ClN4O3/c1-24-15(22)14-6-12-13(20-9-19-12)8-21(14)16(23)18-7-10-2-4-11(17)5-3-10/h2-5,9,14H,6-8H2,1H3,(H,18,23)(H,19,20). The van der Waals surface area contributed by atoms with E-state index in [4.69, 9.17) is 16.3 Å². The van der Waals surface area contributed by atoms with Crippen LogP contribution in [0, 0.1) is 0 Å². The second kappa shape index (κ2) is 6.92. The normalized spacial score (nSPS) is 16.4. The summed E-state index contributed by atoms with van der Waals surface area (Å²) in [7, 11) is 1.31.